The van der Waals surface area contributed by atoms with Crippen LogP contribution in [0.1, 0.15) is 44.5 Å². The number of amides is 1. The predicted molar refractivity (Wildman–Crippen MR) is 75.8 cm³/mol. The molecule has 20 heavy (non-hydrogen) atoms. The summed E-state index contributed by atoms with van der Waals surface area (Å²) in [7, 11) is 0. The fraction of sp³-hybridized carbons (Fsp3) is 0.400. The zero-order valence-corrected chi connectivity index (χ0v) is 12.1. The molecule has 0 unspecified atom stereocenters. The first-order valence-electron chi connectivity index (χ1n) is 6.40. The van der Waals surface area contributed by atoms with Crippen molar-refractivity contribution >= 4 is 23.9 Å². The van der Waals surface area contributed by atoms with Gasteiger partial charge in [0.25, 0.3) is 0 Å². The molecule has 0 saturated carbocycles. The number of anilines is 1. The lowest BCUT2D eigenvalue weighted by molar-refractivity contribution is -0.134. The molecule has 1 aromatic carbocycles. The molecular weight excluding hydrogens is 258 g/mol. The number of carbonyl (C=O) groups excluding carboxylic acids is 3. The molecule has 0 radical (unpaired) electrons. The quantitative estimate of drug-likeness (QED) is 0.522. The lowest BCUT2D eigenvalue weighted by Crippen LogP contribution is -2.28. The Kier molecular flexibility index (Phi) is 5.02. The number of benzene rings is 1. The van der Waals surface area contributed by atoms with E-state index in [1.807, 2.05) is 0 Å². The van der Waals surface area contributed by atoms with Crippen LogP contribution in [0.2, 0.25) is 0 Å². The largest absolute Gasteiger partial charge is 0.426 e. The first-order valence-corrected chi connectivity index (χ1v) is 6.40. The maximum absolute atomic E-state index is 12.0. The molecule has 0 aliphatic rings. The maximum Gasteiger partial charge on any atom is 0.310 e. The smallest absolute Gasteiger partial charge is 0.310 e. The molecular formula is C15H19NO4. The van der Waals surface area contributed by atoms with Crippen molar-refractivity contribution in [2.24, 2.45) is 5.41 Å². The summed E-state index contributed by atoms with van der Waals surface area (Å²) in [6.45, 7) is 6.96. The van der Waals surface area contributed by atoms with Crippen molar-refractivity contribution in [3.8, 4) is 5.75 Å². The zero-order valence-electron chi connectivity index (χ0n) is 12.1. The summed E-state index contributed by atoms with van der Waals surface area (Å²) in [5.41, 5.74) is -0.0933. The monoisotopic (exact) mass is 277 g/mol. The van der Waals surface area contributed by atoms with Gasteiger partial charge in [0.15, 0.2) is 6.29 Å². The van der Waals surface area contributed by atoms with Crippen molar-refractivity contribution in [2.75, 3.05) is 5.32 Å². The van der Waals surface area contributed by atoms with E-state index in [4.69, 9.17) is 4.74 Å². The van der Waals surface area contributed by atoms with Crippen molar-refractivity contribution in [1.29, 1.82) is 0 Å². The van der Waals surface area contributed by atoms with Crippen molar-refractivity contribution in [1.82, 2.24) is 0 Å². The number of rotatable bonds is 4. The normalized spacial score (nSPS) is 10.8. The van der Waals surface area contributed by atoms with E-state index >= 15 is 0 Å². The third kappa shape index (κ3) is 3.91. The summed E-state index contributed by atoms with van der Waals surface area (Å²) >= 11 is 0. The van der Waals surface area contributed by atoms with Crippen LogP contribution in [0.25, 0.3) is 0 Å². The Balaban J connectivity index is 3.09. The Labute approximate surface area is 118 Å². The van der Waals surface area contributed by atoms with E-state index in [0.717, 1.165) is 0 Å². The molecule has 0 atom stereocenters. The minimum atomic E-state index is -0.587. The van der Waals surface area contributed by atoms with E-state index in [9.17, 15) is 14.4 Å². The second-order valence-electron chi connectivity index (χ2n) is 5.37. The highest BCUT2D eigenvalue weighted by atomic mass is 16.5. The lowest BCUT2D eigenvalue weighted by Gasteiger charge is -2.19. The second kappa shape index (κ2) is 6.32. The van der Waals surface area contributed by atoms with Crippen LogP contribution in [0.4, 0.5) is 5.69 Å². The van der Waals surface area contributed by atoms with Gasteiger partial charge in [-0.2, -0.15) is 0 Å². The van der Waals surface area contributed by atoms with E-state index < -0.39 is 11.4 Å². The number of nitrogens with one attached hydrogen (secondary N) is 1. The lowest BCUT2D eigenvalue weighted by atomic mass is 9.95. The number of hydrogen-bond acceptors (Lipinski definition) is 4. The Hall–Kier alpha value is -2.17. The van der Waals surface area contributed by atoms with Gasteiger partial charge in [0.2, 0.25) is 5.91 Å². The van der Waals surface area contributed by atoms with Gasteiger partial charge in [-0.1, -0.05) is 33.8 Å². The molecule has 0 heterocycles. The maximum atomic E-state index is 12.0. The fourth-order valence-corrected chi connectivity index (χ4v) is 1.37. The van der Waals surface area contributed by atoms with Crippen LogP contribution >= 0.6 is 0 Å². The first kappa shape index (κ1) is 15.9. The molecule has 0 saturated heterocycles. The Morgan fingerprint density at radius 2 is 1.95 bits per heavy atom. The van der Waals surface area contributed by atoms with E-state index in [1.165, 1.54) is 6.07 Å². The second-order valence-corrected chi connectivity index (χ2v) is 5.37. The Morgan fingerprint density at radius 3 is 2.45 bits per heavy atom. The van der Waals surface area contributed by atoms with Gasteiger partial charge in [-0.25, -0.2) is 0 Å². The van der Waals surface area contributed by atoms with Gasteiger partial charge in [0.05, 0.1) is 11.3 Å². The Morgan fingerprint density at radius 1 is 1.30 bits per heavy atom. The van der Waals surface area contributed by atoms with Gasteiger partial charge in [-0.05, 0) is 12.1 Å². The molecule has 0 bridgehead atoms. The van der Waals surface area contributed by atoms with E-state index in [2.05, 4.69) is 5.32 Å². The van der Waals surface area contributed by atoms with Gasteiger partial charge >= 0.3 is 5.97 Å². The number of esters is 1. The highest BCUT2D eigenvalue weighted by Gasteiger charge is 2.23. The van der Waals surface area contributed by atoms with Crippen LogP contribution in [0.3, 0.4) is 0 Å². The zero-order chi connectivity index (χ0) is 15.3. The van der Waals surface area contributed by atoms with Gasteiger partial charge in [0, 0.05) is 11.8 Å². The van der Waals surface area contributed by atoms with Gasteiger partial charge in [-0.3, -0.25) is 14.4 Å². The summed E-state index contributed by atoms with van der Waals surface area (Å²) in [6, 6.07) is 4.73. The Bertz CT molecular complexity index is 529. The SMILES string of the molecule is CCC(=O)Oc1cccc(NC(=O)C(C)(C)C)c1C=O. The predicted octanol–water partition coefficient (Wildman–Crippen LogP) is 2.80. The molecule has 5 nitrogen and oxygen atoms in total. The summed E-state index contributed by atoms with van der Waals surface area (Å²) in [5.74, 6) is -0.509. The number of aldehydes is 1. The van der Waals surface area contributed by atoms with E-state index in [1.54, 1.807) is 39.8 Å². The average Bonchev–Trinajstić information content (AvgIpc) is 2.37. The molecule has 0 aliphatic heterocycles. The van der Waals surface area contributed by atoms with Crippen LogP contribution in [-0.4, -0.2) is 18.2 Å². The number of hydrogen-bond donors (Lipinski definition) is 1. The van der Waals surface area contributed by atoms with Crippen molar-refractivity contribution < 1.29 is 19.1 Å². The molecule has 1 rings (SSSR count). The first-order chi connectivity index (χ1) is 9.29. The molecule has 1 amide bonds. The van der Waals surface area contributed by atoms with E-state index in [-0.39, 0.29) is 23.6 Å². The van der Waals surface area contributed by atoms with Crippen LogP contribution in [0.5, 0.6) is 5.75 Å². The summed E-state index contributed by atoms with van der Waals surface area (Å²) in [4.78, 5) is 34.5. The molecule has 0 spiro atoms. The summed E-state index contributed by atoms with van der Waals surface area (Å²) < 4.78 is 5.07. The van der Waals surface area contributed by atoms with Crippen LogP contribution in [0, 0.1) is 5.41 Å². The number of carbonyl (C=O) groups is 3. The highest BCUT2D eigenvalue weighted by Crippen LogP contribution is 2.27. The molecule has 108 valence electrons. The minimum absolute atomic E-state index is 0.151. The van der Waals surface area contributed by atoms with Crippen LogP contribution in [-0.2, 0) is 9.59 Å². The molecule has 0 aromatic heterocycles. The van der Waals surface area contributed by atoms with Crippen molar-refractivity contribution in [2.45, 2.75) is 34.1 Å². The number of ether oxygens (including phenoxy) is 1. The minimum Gasteiger partial charge on any atom is -0.426 e. The molecule has 0 fully saturated rings. The molecule has 0 aliphatic carbocycles. The van der Waals surface area contributed by atoms with Gasteiger partial charge in [-0.15, -0.1) is 0 Å². The topological polar surface area (TPSA) is 72.5 Å². The third-order valence-electron chi connectivity index (χ3n) is 2.63. The highest BCUT2D eigenvalue weighted by molar-refractivity contribution is 6.00. The molecule has 1 aromatic rings. The fourth-order valence-electron chi connectivity index (χ4n) is 1.37. The van der Waals surface area contributed by atoms with Crippen LogP contribution in [0.15, 0.2) is 18.2 Å². The van der Waals surface area contributed by atoms with Crippen molar-refractivity contribution in [3.05, 3.63) is 23.8 Å². The molecule has 1 N–H and O–H groups in total. The van der Waals surface area contributed by atoms with Crippen LogP contribution < -0.4 is 10.1 Å². The third-order valence-corrected chi connectivity index (χ3v) is 2.63. The van der Waals surface area contributed by atoms with Crippen molar-refractivity contribution in [3.63, 3.8) is 0 Å². The summed E-state index contributed by atoms with van der Waals surface area (Å²) in [6.07, 6.45) is 0.771. The molecule has 5 heteroatoms. The van der Waals surface area contributed by atoms with Gasteiger partial charge in [0.1, 0.15) is 5.75 Å². The standard InChI is InChI=1S/C15H19NO4/c1-5-13(18)20-12-8-6-7-11(10(12)9-17)16-14(19)15(2,3)4/h6-9H,5H2,1-4H3,(H,16,19). The van der Waals surface area contributed by atoms with E-state index in [0.29, 0.717) is 12.0 Å². The average molecular weight is 277 g/mol. The summed E-state index contributed by atoms with van der Waals surface area (Å²) in [5, 5.41) is 2.67. The van der Waals surface area contributed by atoms with Gasteiger partial charge < -0.3 is 10.1 Å².